The van der Waals surface area contributed by atoms with Gasteiger partial charge in [0.25, 0.3) is 0 Å². The Morgan fingerprint density at radius 3 is 2.68 bits per heavy atom. The van der Waals surface area contributed by atoms with Crippen LogP contribution in [0, 0.1) is 5.92 Å². The Hall–Kier alpha value is -1.88. The molecule has 1 aromatic carbocycles. The lowest BCUT2D eigenvalue weighted by atomic mass is 9.91. The zero-order valence-electron chi connectivity index (χ0n) is 11.8. The zero-order valence-corrected chi connectivity index (χ0v) is 12.7. The molecular weight excluding hydrogens is 305 g/mol. The third-order valence-corrected chi connectivity index (χ3v) is 3.80. The smallest absolute Gasteiger partial charge is 0.448 e. The predicted molar refractivity (Wildman–Crippen MR) is 83.9 cm³/mol. The Morgan fingerprint density at radius 2 is 2.00 bits per heavy atom. The number of nitrogens with zero attached hydrogens (tertiary/aromatic N) is 1. The van der Waals surface area contributed by atoms with Crippen LogP contribution in [0.15, 0.2) is 53.0 Å². The second-order valence-electron chi connectivity index (χ2n) is 5.14. The van der Waals surface area contributed by atoms with Gasteiger partial charge in [-0.15, -0.1) is 0 Å². The fraction of sp³-hybridized carbons (Fsp3) is 0.267. The van der Waals surface area contributed by atoms with Gasteiger partial charge in [0.2, 0.25) is 0 Å². The number of hydrogen-bond acceptors (Lipinski definition) is 3. The van der Waals surface area contributed by atoms with Crippen LogP contribution in [-0.2, 0) is 11.0 Å². The summed E-state index contributed by atoms with van der Waals surface area (Å²) < 4.78 is 14.4. The Labute approximate surface area is 128 Å². The SMILES string of the molecule is O=P(O)(O)N=C1C=C(O)C=CC1CCCc1cccc(O)c1. The third kappa shape index (κ3) is 5.15. The van der Waals surface area contributed by atoms with Gasteiger partial charge in [-0.05, 0) is 43.0 Å². The molecule has 0 aromatic heterocycles. The van der Waals surface area contributed by atoms with Gasteiger partial charge in [0.15, 0.2) is 0 Å². The molecule has 1 aliphatic carbocycles. The van der Waals surface area contributed by atoms with E-state index in [1.807, 2.05) is 6.07 Å². The van der Waals surface area contributed by atoms with Crippen LogP contribution in [0.5, 0.6) is 5.75 Å². The molecule has 1 atom stereocenters. The predicted octanol–water partition coefficient (Wildman–Crippen LogP) is 2.88. The summed E-state index contributed by atoms with van der Waals surface area (Å²) in [5.74, 6) is -0.107. The first-order chi connectivity index (χ1) is 10.3. The van der Waals surface area contributed by atoms with E-state index < -0.39 is 7.75 Å². The first-order valence-corrected chi connectivity index (χ1v) is 8.42. The standard InChI is InChI=1S/C15H18NO5P/c17-13-6-2-4-11(9-13)3-1-5-12-7-8-14(18)10-15(12)16-22(19,20)21/h2,4,6-10,12,17-18H,1,3,5H2,(H2,19,20,21). The van der Waals surface area contributed by atoms with E-state index in [1.165, 1.54) is 12.2 Å². The molecule has 0 fully saturated rings. The lowest BCUT2D eigenvalue weighted by molar-refractivity contribution is 0.375. The molecule has 0 radical (unpaired) electrons. The van der Waals surface area contributed by atoms with Gasteiger partial charge in [-0.3, -0.25) is 0 Å². The second kappa shape index (κ2) is 6.92. The topological polar surface area (TPSA) is 110 Å². The van der Waals surface area contributed by atoms with E-state index in [9.17, 15) is 14.8 Å². The van der Waals surface area contributed by atoms with Crippen LogP contribution >= 0.6 is 7.75 Å². The molecule has 0 amide bonds. The van der Waals surface area contributed by atoms with E-state index in [1.54, 1.807) is 24.3 Å². The summed E-state index contributed by atoms with van der Waals surface area (Å²) in [6, 6.07) is 6.97. The maximum Gasteiger partial charge on any atom is 0.448 e. The van der Waals surface area contributed by atoms with Crippen LogP contribution in [0.1, 0.15) is 18.4 Å². The summed E-state index contributed by atoms with van der Waals surface area (Å²) in [5, 5.41) is 18.8. The molecular formula is C15H18NO5P. The van der Waals surface area contributed by atoms with E-state index >= 15 is 0 Å². The first kappa shape index (κ1) is 16.5. The number of aryl methyl sites for hydroxylation is 1. The zero-order chi connectivity index (χ0) is 16.2. The van der Waals surface area contributed by atoms with Gasteiger partial charge in [0.05, 0.1) is 5.71 Å². The minimum absolute atomic E-state index is 0.0727. The second-order valence-corrected chi connectivity index (χ2v) is 6.36. The molecule has 22 heavy (non-hydrogen) atoms. The van der Waals surface area contributed by atoms with Crippen LogP contribution in [0.4, 0.5) is 0 Å². The molecule has 0 spiro atoms. The molecule has 1 unspecified atom stereocenters. The summed E-state index contributed by atoms with van der Waals surface area (Å²) in [5.41, 5.74) is 1.18. The van der Waals surface area contributed by atoms with E-state index in [0.717, 1.165) is 18.4 Å². The van der Waals surface area contributed by atoms with Crippen LogP contribution in [0.3, 0.4) is 0 Å². The van der Waals surface area contributed by atoms with Gasteiger partial charge in [-0.25, -0.2) is 4.57 Å². The van der Waals surface area contributed by atoms with Crippen molar-refractivity contribution in [3.8, 4) is 5.75 Å². The van der Waals surface area contributed by atoms with Crippen molar-refractivity contribution in [3.05, 3.63) is 53.8 Å². The summed E-state index contributed by atoms with van der Waals surface area (Å²) in [6.45, 7) is 0. The molecule has 0 saturated heterocycles. The lowest BCUT2D eigenvalue weighted by Gasteiger charge is -2.17. The van der Waals surface area contributed by atoms with Crippen molar-refractivity contribution in [3.63, 3.8) is 0 Å². The average molecular weight is 323 g/mol. The summed E-state index contributed by atoms with van der Waals surface area (Å²) in [7, 11) is -4.53. The van der Waals surface area contributed by atoms with Gasteiger partial charge in [0.1, 0.15) is 11.5 Å². The third-order valence-electron chi connectivity index (χ3n) is 3.31. The molecule has 1 aromatic rings. The fourth-order valence-corrected chi connectivity index (χ4v) is 2.86. The summed E-state index contributed by atoms with van der Waals surface area (Å²) >= 11 is 0. The number of aliphatic hydroxyl groups is 1. The molecule has 118 valence electrons. The Kier molecular flexibility index (Phi) is 5.19. The van der Waals surface area contributed by atoms with Crippen molar-refractivity contribution >= 4 is 13.5 Å². The molecule has 2 rings (SSSR count). The number of aromatic hydroxyl groups is 1. The van der Waals surface area contributed by atoms with Crippen LogP contribution < -0.4 is 0 Å². The average Bonchev–Trinajstić information content (AvgIpc) is 2.39. The number of phenols is 1. The largest absolute Gasteiger partial charge is 0.508 e. The van der Waals surface area contributed by atoms with E-state index in [-0.39, 0.29) is 23.1 Å². The molecule has 1 aliphatic rings. The minimum atomic E-state index is -4.53. The first-order valence-electron chi connectivity index (χ1n) is 6.86. The van der Waals surface area contributed by atoms with E-state index in [2.05, 4.69) is 4.76 Å². The number of benzene rings is 1. The Balaban J connectivity index is 2.00. The highest BCUT2D eigenvalue weighted by atomic mass is 31.2. The van der Waals surface area contributed by atoms with E-state index in [4.69, 9.17) is 9.79 Å². The van der Waals surface area contributed by atoms with Gasteiger partial charge < -0.3 is 20.0 Å². The monoisotopic (exact) mass is 323 g/mol. The summed E-state index contributed by atoms with van der Waals surface area (Å²) in [6.07, 6.45) is 6.59. The van der Waals surface area contributed by atoms with Crippen molar-refractivity contribution in [2.45, 2.75) is 19.3 Å². The van der Waals surface area contributed by atoms with Crippen molar-refractivity contribution in [1.29, 1.82) is 0 Å². The lowest BCUT2D eigenvalue weighted by Crippen LogP contribution is -2.14. The van der Waals surface area contributed by atoms with Crippen molar-refractivity contribution < 1.29 is 24.6 Å². The molecule has 7 heteroatoms. The van der Waals surface area contributed by atoms with Crippen LogP contribution in [0.2, 0.25) is 0 Å². The maximum absolute atomic E-state index is 11.0. The van der Waals surface area contributed by atoms with Crippen LogP contribution in [-0.4, -0.2) is 25.7 Å². The van der Waals surface area contributed by atoms with Crippen molar-refractivity contribution in [1.82, 2.24) is 0 Å². The minimum Gasteiger partial charge on any atom is -0.508 e. The number of hydrogen-bond donors (Lipinski definition) is 4. The van der Waals surface area contributed by atoms with Gasteiger partial charge >= 0.3 is 7.75 Å². The summed E-state index contributed by atoms with van der Waals surface area (Å²) in [4.78, 5) is 17.9. The van der Waals surface area contributed by atoms with Crippen molar-refractivity contribution in [2.24, 2.45) is 10.7 Å². The quantitative estimate of drug-likeness (QED) is 0.623. The Morgan fingerprint density at radius 1 is 1.23 bits per heavy atom. The highest BCUT2D eigenvalue weighted by Gasteiger charge is 2.20. The maximum atomic E-state index is 11.0. The highest BCUT2D eigenvalue weighted by Crippen LogP contribution is 2.38. The normalized spacial score (nSPS) is 20.2. The Bertz CT molecular complexity index is 674. The number of aliphatic hydroxyl groups excluding tert-OH is 1. The van der Waals surface area contributed by atoms with Crippen LogP contribution in [0.25, 0.3) is 0 Å². The fourth-order valence-electron chi connectivity index (χ4n) is 2.36. The number of allylic oxidation sites excluding steroid dienone is 3. The molecule has 6 nitrogen and oxygen atoms in total. The van der Waals surface area contributed by atoms with Gasteiger partial charge in [-0.1, -0.05) is 18.2 Å². The highest BCUT2D eigenvalue weighted by molar-refractivity contribution is 7.50. The van der Waals surface area contributed by atoms with Gasteiger partial charge in [0, 0.05) is 12.0 Å². The number of rotatable bonds is 5. The molecule has 0 saturated carbocycles. The van der Waals surface area contributed by atoms with Crippen molar-refractivity contribution in [2.75, 3.05) is 0 Å². The van der Waals surface area contributed by atoms with E-state index in [0.29, 0.717) is 6.42 Å². The molecule has 4 N–H and O–H groups in total. The van der Waals surface area contributed by atoms with Gasteiger partial charge in [-0.2, -0.15) is 4.76 Å². The molecule has 0 aliphatic heterocycles. The molecule has 0 heterocycles. The number of phenolic OH excluding ortho intramolecular Hbond substituents is 1. The molecule has 0 bridgehead atoms.